The van der Waals surface area contributed by atoms with Crippen molar-refractivity contribution in [3.63, 3.8) is 0 Å². The number of hydrogen-bond donors (Lipinski definition) is 3. The molecule has 0 radical (unpaired) electrons. The van der Waals surface area contributed by atoms with Crippen molar-refractivity contribution < 1.29 is 0 Å². The largest absolute Gasteiger partial charge is 0.339 e. The number of nitrogens with one attached hydrogen (secondary N) is 2. The van der Waals surface area contributed by atoms with E-state index in [4.69, 9.17) is 5.84 Å². The average molecular weight is 309 g/mol. The van der Waals surface area contributed by atoms with Gasteiger partial charge in [0.05, 0.1) is 0 Å². The Morgan fingerprint density at radius 2 is 2.10 bits per heavy atom. The number of anilines is 1. The number of H-pyrrole nitrogens is 1. The third-order valence-corrected chi connectivity index (χ3v) is 3.76. The van der Waals surface area contributed by atoms with Gasteiger partial charge in [-0.15, -0.1) is 0 Å². The van der Waals surface area contributed by atoms with Crippen molar-refractivity contribution in [3.8, 4) is 0 Å². The minimum Gasteiger partial charge on any atom is -0.308 e. The lowest BCUT2D eigenvalue weighted by Crippen LogP contribution is -2.33. The van der Waals surface area contributed by atoms with E-state index in [9.17, 15) is 9.59 Å². The van der Waals surface area contributed by atoms with Crippen LogP contribution in [0.25, 0.3) is 0 Å². The van der Waals surface area contributed by atoms with E-state index in [0.717, 1.165) is 17.3 Å². The smallest absolute Gasteiger partial charge is 0.308 e. The van der Waals surface area contributed by atoms with Gasteiger partial charge in [-0.2, -0.15) is 4.98 Å². The quantitative estimate of drug-likeness (QED) is 0.307. The van der Waals surface area contributed by atoms with Gasteiger partial charge in [0.25, 0.3) is 0 Å². The van der Waals surface area contributed by atoms with Crippen LogP contribution in [-0.2, 0) is 7.05 Å². The lowest BCUT2D eigenvalue weighted by atomic mass is 10.1. The molecule has 0 aliphatic rings. The Bertz CT molecular complexity index is 768. The van der Waals surface area contributed by atoms with E-state index in [1.165, 1.54) is 11.0 Å². The molecule has 0 aromatic carbocycles. The molecule has 0 aliphatic carbocycles. The summed E-state index contributed by atoms with van der Waals surface area (Å²) in [4.78, 5) is 34.6. The van der Waals surface area contributed by atoms with Crippen molar-refractivity contribution >= 4 is 17.6 Å². The molecule has 0 saturated carbocycles. The minimum atomic E-state index is -0.840. The third-order valence-electron chi connectivity index (χ3n) is 2.70. The SMILES string of the molecule is CC(C)c1c(NN)ncnc1Sc1nc(=O)c(=O)[nH]n1C. The number of rotatable bonds is 4. The first-order chi connectivity index (χ1) is 9.93. The zero-order valence-electron chi connectivity index (χ0n) is 11.7. The fraction of sp³-hybridized carbons (Fsp3) is 0.364. The van der Waals surface area contributed by atoms with Crippen LogP contribution in [-0.4, -0.2) is 24.7 Å². The van der Waals surface area contributed by atoms with E-state index in [1.54, 1.807) is 7.05 Å². The number of aromatic amines is 1. The molecular weight excluding hydrogens is 294 g/mol. The van der Waals surface area contributed by atoms with E-state index in [1.807, 2.05) is 13.8 Å². The fourth-order valence-electron chi connectivity index (χ4n) is 1.73. The van der Waals surface area contributed by atoms with Crippen molar-refractivity contribution in [3.05, 3.63) is 32.6 Å². The topological polar surface area (TPSA) is 132 Å². The second-order valence-electron chi connectivity index (χ2n) is 4.54. The summed E-state index contributed by atoms with van der Waals surface area (Å²) in [7, 11) is 1.59. The van der Waals surface area contributed by atoms with Crippen LogP contribution in [0.3, 0.4) is 0 Å². The van der Waals surface area contributed by atoms with Crippen LogP contribution in [0.1, 0.15) is 25.3 Å². The Balaban J connectivity index is 2.52. The molecule has 0 amide bonds. The van der Waals surface area contributed by atoms with E-state index in [2.05, 4.69) is 25.5 Å². The summed E-state index contributed by atoms with van der Waals surface area (Å²) < 4.78 is 1.37. The van der Waals surface area contributed by atoms with Crippen molar-refractivity contribution in [1.82, 2.24) is 24.7 Å². The van der Waals surface area contributed by atoms with Gasteiger partial charge in [-0.3, -0.25) is 19.4 Å². The van der Waals surface area contributed by atoms with Crippen LogP contribution in [0, 0.1) is 0 Å². The van der Waals surface area contributed by atoms with E-state index in [0.29, 0.717) is 16.0 Å². The highest BCUT2D eigenvalue weighted by Crippen LogP contribution is 2.33. The summed E-state index contributed by atoms with van der Waals surface area (Å²) >= 11 is 1.16. The maximum absolute atomic E-state index is 11.4. The summed E-state index contributed by atoms with van der Waals surface area (Å²) in [5, 5.41) is 3.32. The van der Waals surface area contributed by atoms with Gasteiger partial charge in [-0.25, -0.2) is 15.8 Å². The molecule has 112 valence electrons. The van der Waals surface area contributed by atoms with Gasteiger partial charge in [0.15, 0.2) is 5.16 Å². The van der Waals surface area contributed by atoms with Gasteiger partial charge in [-0.1, -0.05) is 13.8 Å². The Morgan fingerprint density at radius 1 is 1.38 bits per heavy atom. The summed E-state index contributed by atoms with van der Waals surface area (Å²) in [6.07, 6.45) is 1.37. The molecule has 4 N–H and O–H groups in total. The van der Waals surface area contributed by atoms with Gasteiger partial charge in [-0.05, 0) is 17.7 Å². The van der Waals surface area contributed by atoms with Gasteiger partial charge >= 0.3 is 11.1 Å². The summed E-state index contributed by atoms with van der Waals surface area (Å²) in [6, 6.07) is 0. The van der Waals surface area contributed by atoms with Crippen molar-refractivity contribution in [2.75, 3.05) is 5.43 Å². The molecule has 2 aromatic rings. The first kappa shape index (κ1) is 15.2. The summed E-state index contributed by atoms with van der Waals surface area (Å²) in [5.41, 5.74) is 1.73. The first-order valence-corrected chi connectivity index (χ1v) is 6.92. The molecule has 0 bridgehead atoms. The molecule has 9 nitrogen and oxygen atoms in total. The maximum Gasteiger partial charge on any atom is 0.339 e. The molecule has 0 fully saturated rings. The second kappa shape index (κ2) is 6.06. The highest BCUT2D eigenvalue weighted by Gasteiger charge is 2.17. The zero-order chi connectivity index (χ0) is 15.6. The third kappa shape index (κ3) is 3.11. The zero-order valence-corrected chi connectivity index (χ0v) is 12.6. The lowest BCUT2D eigenvalue weighted by Gasteiger charge is -2.15. The molecule has 2 heterocycles. The maximum atomic E-state index is 11.4. The average Bonchev–Trinajstić information content (AvgIpc) is 2.44. The minimum absolute atomic E-state index is 0.111. The van der Waals surface area contributed by atoms with Crippen LogP contribution in [0.4, 0.5) is 5.82 Å². The van der Waals surface area contributed by atoms with Crippen molar-refractivity contribution in [1.29, 1.82) is 0 Å². The number of nitrogens with two attached hydrogens (primary N) is 1. The molecule has 0 saturated heterocycles. The number of nitrogen functional groups attached to an aromatic ring is 1. The summed E-state index contributed by atoms with van der Waals surface area (Å²) in [6.45, 7) is 3.95. The molecular formula is C11H15N7O2S. The number of aryl methyl sites for hydroxylation is 1. The van der Waals surface area contributed by atoms with Crippen LogP contribution in [0.5, 0.6) is 0 Å². The van der Waals surface area contributed by atoms with Gasteiger partial charge in [0.1, 0.15) is 17.2 Å². The number of hydrazine groups is 1. The molecule has 21 heavy (non-hydrogen) atoms. The van der Waals surface area contributed by atoms with Crippen LogP contribution < -0.4 is 22.4 Å². The fourth-order valence-corrected chi connectivity index (χ4v) is 2.76. The van der Waals surface area contributed by atoms with Gasteiger partial charge in [0.2, 0.25) is 0 Å². The Hall–Kier alpha value is -2.20. The molecule has 0 aliphatic heterocycles. The first-order valence-electron chi connectivity index (χ1n) is 6.10. The number of nitrogens with zero attached hydrogens (tertiary/aromatic N) is 4. The standard InChI is InChI=1S/C11H15N7O2S/c1-5(2)6-7(16-12)13-4-14-10(6)21-11-15-8(19)9(20)17-18(11)3/h4-5H,12H2,1-3H3,(H,17,20)(H,13,14,16). The second-order valence-corrected chi connectivity index (χ2v) is 5.50. The monoisotopic (exact) mass is 309 g/mol. The molecule has 0 spiro atoms. The molecule has 2 aromatic heterocycles. The number of hydrogen-bond acceptors (Lipinski definition) is 8. The highest BCUT2D eigenvalue weighted by atomic mass is 32.2. The van der Waals surface area contributed by atoms with Crippen LogP contribution in [0.15, 0.2) is 26.1 Å². The van der Waals surface area contributed by atoms with E-state index < -0.39 is 11.1 Å². The predicted octanol–water partition coefficient (Wildman–Crippen LogP) is -0.181. The Labute approximate surface area is 124 Å². The Kier molecular flexibility index (Phi) is 4.38. The molecule has 2 rings (SSSR count). The number of aromatic nitrogens is 5. The van der Waals surface area contributed by atoms with E-state index in [-0.39, 0.29) is 5.92 Å². The van der Waals surface area contributed by atoms with Gasteiger partial charge < -0.3 is 5.43 Å². The lowest BCUT2D eigenvalue weighted by molar-refractivity contribution is 0.595. The van der Waals surface area contributed by atoms with Crippen LogP contribution in [0.2, 0.25) is 0 Å². The molecule has 0 atom stereocenters. The summed E-state index contributed by atoms with van der Waals surface area (Å²) in [5.74, 6) is 6.08. The van der Waals surface area contributed by atoms with E-state index >= 15 is 0 Å². The van der Waals surface area contributed by atoms with Crippen molar-refractivity contribution in [2.45, 2.75) is 29.9 Å². The van der Waals surface area contributed by atoms with Gasteiger partial charge in [0, 0.05) is 12.6 Å². The molecule has 0 unspecified atom stereocenters. The Morgan fingerprint density at radius 3 is 2.71 bits per heavy atom. The highest BCUT2D eigenvalue weighted by molar-refractivity contribution is 7.99. The normalized spacial score (nSPS) is 10.9. The molecule has 10 heteroatoms. The predicted molar refractivity (Wildman–Crippen MR) is 78.2 cm³/mol. The van der Waals surface area contributed by atoms with Crippen molar-refractivity contribution in [2.24, 2.45) is 12.9 Å². The van der Waals surface area contributed by atoms with Crippen LogP contribution >= 0.6 is 11.8 Å².